The van der Waals surface area contributed by atoms with E-state index < -0.39 is 0 Å². The highest BCUT2D eigenvalue weighted by Gasteiger charge is 2.22. The molecule has 0 N–H and O–H groups in total. The van der Waals surface area contributed by atoms with Gasteiger partial charge in [-0.15, -0.1) is 11.3 Å². The Morgan fingerprint density at radius 3 is 2.83 bits per heavy atom. The van der Waals surface area contributed by atoms with Crippen LogP contribution in [0.4, 0.5) is 0 Å². The lowest BCUT2D eigenvalue weighted by Gasteiger charge is -2.17. The molecular formula is C22H27N3O3S. The number of aromatic nitrogens is 3. The summed E-state index contributed by atoms with van der Waals surface area (Å²) in [7, 11) is 1.68. The van der Waals surface area contributed by atoms with Crippen LogP contribution in [0.25, 0.3) is 10.2 Å². The summed E-state index contributed by atoms with van der Waals surface area (Å²) in [5, 5.41) is 0.721. The fourth-order valence-corrected chi connectivity index (χ4v) is 5.81. The van der Waals surface area contributed by atoms with Crippen molar-refractivity contribution < 1.29 is 9.53 Å². The van der Waals surface area contributed by atoms with Crippen LogP contribution >= 0.6 is 11.3 Å². The molecule has 0 fully saturated rings. The molecule has 0 spiro atoms. The van der Waals surface area contributed by atoms with Gasteiger partial charge in [0.2, 0.25) is 0 Å². The van der Waals surface area contributed by atoms with Crippen LogP contribution in [0.1, 0.15) is 58.0 Å². The van der Waals surface area contributed by atoms with Crippen molar-refractivity contribution >= 4 is 27.3 Å². The van der Waals surface area contributed by atoms with Gasteiger partial charge in [0.15, 0.2) is 5.78 Å². The second kappa shape index (κ2) is 7.88. The van der Waals surface area contributed by atoms with Gasteiger partial charge in [0.05, 0.1) is 30.9 Å². The number of hydrogen-bond donors (Lipinski definition) is 0. The smallest absolute Gasteiger partial charge is 0.262 e. The van der Waals surface area contributed by atoms with Crippen LogP contribution in [-0.2, 0) is 24.1 Å². The Bertz CT molecular complexity index is 1140. The molecule has 3 aromatic rings. The predicted octanol–water partition coefficient (Wildman–Crippen LogP) is 3.85. The quantitative estimate of drug-likeness (QED) is 0.576. The van der Waals surface area contributed by atoms with E-state index in [4.69, 9.17) is 4.74 Å². The number of carbonyl (C=O) groups is 1. The van der Waals surface area contributed by atoms with E-state index in [1.807, 2.05) is 19.9 Å². The first-order valence-corrected chi connectivity index (χ1v) is 10.9. The highest BCUT2D eigenvalue weighted by molar-refractivity contribution is 7.18. The summed E-state index contributed by atoms with van der Waals surface area (Å²) in [5.41, 5.74) is 3.64. The van der Waals surface area contributed by atoms with Crippen LogP contribution in [0.15, 0.2) is 17.2 Å². The van der Waals surface area contributed by atoms with Gasteiger partial charge in [-0.1, -0.05) is 0 Å². The zero-order valence-electron chi connectivity index (χ0n) is 17.4. The number of Topliss-reactive ketones (excluding diaryl/α,β-unsaturated/α-hetero) is 1. The molecule has 0 aliphatic heterocycles. The third-order valence-corrected chi connectivity index (χ3v) is 7.09. The Kier molecular flexibility index (Phi) is 5.44. The Morgan fingerprint density at radius 2 is 2.07 bits per heavy atom. The fourth-order valence-electron chi connectivity index (χ4n) is 4.59. The van der Waals surface area contributed by atoms with Crippen molar-refractivity contribution in [3.63, 3.8) is 0 Å². The minimum atomic E-state index is -0.0932. The SMILES string of the molecule is COC[C@@H](C)n1c(C)cc(C(=O)Cn2cnc3sc4c(c3c2=O)CCCC4)c1C. The molecule has 0 saturated carbocycles. The van der Waals surface area contributed by atoms with Crippen LogP contribution in [0.3, 0.4) is 0 Å². The van der Waals surface area contributed by atoms with Crippen LogP contribution < -0.4 is 5.56 Å². The molecule has 1 aliphatic rings. The molecule has 154 valence electrons. The topological polar surface area (TPSA) is 66.1 Å². The van der Waals surface area contributed by atoms with Crippen molar-refractivity contribution in [1.82, 2.24) is 14.1 Å². The van der Waals surface area contributed by atoms with Gasteiger partial charge in [-0.3, -0.25) is 14.2 Å². The van der Waals surface area contributed by atoms with E-state index in [1.165, 1.54) is 22.2 Å². The molecule has 0 bridgehead atoms. The first kappa shape index (κ1) is 20.0. The molecule has 4 rings (SSSR count). The Hall–Kier alpha value is -2.25. The van der Waals surface area contributed by atoms with E-state index in [0.29, 0.717) is 12.2 Å². The molecule has 0 aromatic carbocycles. The number of nitrogens with zero attached hydrogens (tertiary/aromatic N) is 3. The number of fused-ring (bicyclic) bond motifs is 3. The summed E-state index contributed by atoms with van der Waals surface area (Å²) >= 11 is 1.63. The van der Waals surface area contributed by atoms with Gasteiger partial charge in [-0.25, -0.2) is 4.98 Å². The third kappa shape index (κ3) is 3.46. The third-order valence-electron chi connectivity index (χ3n) is 5.89. The lowest BCUT2D eigenvalue weighted by atomic mass is 9.97. The second-order valence-corrected chi connectivity index (χ2v) is 9.03. The zero-order chi connectivity index (χ0) is 20.7. The Labute approximate surface area is 174 Å². The minimum Gasteiger partial charge on any atom is -0.383 e. The second-order valence-electron chi connectivity index (χ2n) is 7.95. The van der Waals surface area contributed by atoms with Crippen LogP contribution in [0.5, 0.6) is 0 Å². The molecule has 0 saturated heterocycles. The van der Waals surface area contributed by atoms with Gasteiger partial charge < -0.3 is 9.30 Å². The largest absolute Gasteiger partial charge is 0.383 e. The van der Waals surface area contributed by atoms with Crippen molar-refractivity contribution in [2.75, 3.05) is 13.7 Å². The number of hydrogen-bond acceptors (Lipinski definition) is 5. The monoisotopic (exact) mass is 413 g/mol. The molecule has 3 aromatic heterocycles. The van der Waals surface area contributed by atoms with Crippen molar-refractivity contribution in [2.24, 2.45) is 0 Å². The highest BCUT2D eigenvalue weighted by Crippen LogP contribution is 2.33. The first-order chi connectivity index (χ1) is 13.9. The van der Waals surface area contributed by atoms with E-state index in [-0.39, 0.29) is 23.9 Å². The first-order valence-electron chi connectivity index (χ1n) is 10.1. The van der Waals surface area contributed by atoms with Gasteiger partial charge >= 0.3 is 0 Å². The average Bonchev–Trinajstić information content (AvgIpc) is 3.21. The van der Waals surface area contributed by atoms with Gasteiger partial charge in [0, 0.05) is 28.9 Å². The molecule has 29 heavy (non-hydrogen) atoms. The summed E-state index contributed by atoms with van der Waals surface area (Å²) in [6.07, 6.45) is 5.77. The molecule has 1 atom stereocenters. The number of methoxy groups -OCH3 is 1. The zero-order valence-corrected chi connectivity index (χ0v) is 18.3. The van der Waals surface area contributed by atoms with E-state index in [0.717, 1.165) is 46.4 Å². The van der Waals surface area contributed by atoms with Crippen LogP contribution in [0.2, 0.25) is 0 Å². The molecule has 6 nitrogen and oxygen atoms in total. The fraction of sp³-hybridized carbons (Fsp3) is 0.500. The summed E-state index contributed by atoms with van der Waals surface area (Å²) < 4.78 is 8.86. The molecule has 7 heteroatoms. The van der Waals surface area contributed by atoms with Crippen molar-refractivity contribution in [2.45, 2.75) is 59.0 Å². The summed E-state index contributed by atoms with van der Waals surface area (Å²) in [5.74, 6) is -0.0682. The number of carbonyl (C=O) groups excluding carboxylic acids is 1. The molecule has 0 radical (unpaired) electrons. The summed E-state index contributed by atoms with van der Waals surface area (Å²) in [6.45, 7) is 6.60. The molecule has 0 amide bonds. The number of rotatable bonds is 6. The van der Waals surface area contributed by atoms with Crippen LogP contribution in [-0.4, -0.2) is 33.6 Å². The van der Waals surface area contributed by atoms with Gasteiger partial charge in [0.25, 0.3) is 5.56 Å². The number of ether oxygens (including phenoxy) is 1. The maximum atomic E-state index is 13.1. The lowest BCUT2D eigenvalue weighted by molar-refractivity contribution is 0.0969. The average molecular weight is 414 g/mol. The highest BCUT2D eigenvalue weighted by atomic mass is 32.1. The van der Waals surface area contributed by atoms with E-state index in [9.17, 15) is 9.59 Å². The lowest BCUT2D eigenvalue weighted by Crippen LogP contribution is -2.25. The van der Waals surface area contributed by atoms with E-state index in [1.54, 1.807) is 18.4 Å². The van der Waals surface area contributed by atoms with Crippen LogP contribution in [0, 0.1) is 13.8 Å². The Balaban J connectivity index is 1.67. The summed E-state index contributed by atoms with van der Waals surface area (Å²) in [4.78, 5) is 32.8. The molecular weight excluding hydrogens is 386 g/mol. The predicted molar refractivity (Wildman–Crippen MR) is 115 cm³/mol. The van der Waals surface area contributed by atoms with Crippen molar-refractivity contribution in [3.8, 4) is 0 Å². The molecule has 0 unspecified atom stereocenters. The van der Waals surface area contributed by atoms with E-state index in [2.05, 4.69) is 16.5 Å². The van der Waals surface area contributed by atoms with E-state index >= 15 is 0 Å². The standard InChI is InChI=1S/C22H27N3O3S/c1-13-9-17(15(3)25(13)14(2)11-28-4)18(26)10-24-12-23-21-20(22(24)27)16-7-5-6-8-19(16)29-21/h9,12,14H,5-8,10-11H2,1-4H3/t14-/m1/s1. The minimum absolute atomic E-state index is 0.00927. The normalized spacial score (nSPS) is 14.9. The number of ketones is 1. The maximum absolute atomic E-state index is 13.1. The number of aryl methyl sites for hydroxylation is 3. The molecule has 1 aliphatic carbocycles. The van der Waals surface area contributed by atoms with Gasteiger partial charge in [-0.2, -0.15) is 0 Å². The van der Waals surface area contributed by atoms with Gasteiger partial charge in [0.1, 0.15) is 4.83 Å². The van der Waals surface area contributed by atoms with Gasteiger partial charge in [-0.05, 0) is 58.1 Å². The summed E-state index contributed by atoms with van der Waals surface area (Å²) in [6, 6.07) is 2.05. The number of thiophene rings is 1. The Morgan fingerprint density at radius 1 is 1.31 bits per heavy atom. The van der Waals surface area contributed by atoms with Crippen molar-refractivity contribution in [1.29, 1.82) is 0 Å². The van der Waals surface area contributed by atoms with Crippen molar-refractivity contribution in [3.05, 3.63) is 50.1 Å². The maximum Gasteiger partial charge on any atom is 0.262 e. The molecule has 3 heterocycles.